The molecule has 0 saturated heterocycles. The van der Waals surface area contributed by atoms with Crippen LogP contribution in [0.25, 0.3) is 0 Å². The molecule has 5 heteroatoms. The maximum absolute atomic E-state index is 10.9. The molecule has 0 amide bonds. The van der Waals surface area contributed by atoms with Gasteiger partial charge >= 0.3 is 5.97 Å². The third kappa shape index (κ3) is 1.39. The van der Waals surface area contributed by atoms with Crippen molar-refractivity contribution in [3.63, 3.8) is 0 Å². The standard InChI is InChI=1S/C7H10N2O3/c1-3-9-6(10)4-5(8-9)7(11)12-2/h4,10H,3H2,1-2H3. The lowest BCUT2D eigenvalue weighted by atomic mass is 10.4. The van der Waals surface area contributed by atoms with Crippen LogP contribution in [0.4, 0.5) is 0 Å². The number of rotatable bonds is 2. The number of aromatic nitrogens is 2. The summed E-state index contributed by atoms with van der Waals surface area (Å²) in [7, 11) is 1.27. The highest BCUT2D eigenvalue weighted by molar-refractivity contribution is 5.87. The van der Waals surface area contributed by atoms with Crippen molar-refractivity contribution in [2.45, 2.75) is 13.5 Å². The smallest absolute Gasteiger partial charge is 0.358 e. The molecule has 0 saturated carbocycles. The molecule has 0 atom stereocenters. The van der Waals surface area contributed by atoms with Crippen LogP contribution in [0.3, 0.4) is 0 Å². The zero-order chi connectivity index (χ0) is 9.14. The Labute approximate surface area is 69.6 Å². The van der Waals surface area contributed by atoms with Gasteiger partial charge in [0.25, 0.3) is 0 Å². The van der Waals surface area contributed by atoms with Gasteiger partial charge in [-0.2, -0.15) is 5.10 Å². The van der Waals surface area contributed by atoms with E-state index in [1.807, 2.05) is 6.92 Å². The van der Waals surface area contributed by atoms with Gasteiger partial charge < -0.3 is 9.84 Å². The Kier molecular flexibility index (Phi) is 2.32. The van der Waals surface area contributed by atoms with Crippen LogP contribution in [0.5, 0.6) is 5.88 Å². The lowest BCUT2D eigenvalue weighted by molar-refractivity contribution is 0.0593. The average Bonchev–Trinajstić information content (AvgIpc) is 2.45. The number of hydrogen-bond donors (Lipinski definition) is 1. The van der Waals surface area contributed by atoms with E-state index in [4.69, 9.17) is 5.11 Å². The third-order valence-electron chi connectivity index (χ3n) is 1.45. The van der Waals surface area contributed by atoms with E-state index in [-0.39, 0.29) is 11.6 Å². The van der Waals surface area contributed by atoms with Crippen molar-refractivity contribution in [2.75, 3.05) is 7.11 Å². The van der Waals surface area contributed by atoms with Crippen LogP contribution in [0, 0.1) is 0 Å². The van der Waals surface area contributed by atoms with Crippen LogP contribution >= 0.6 is 0 Å². The molecule has 12 heavy (non-hydrogen) atoms. The zero-order valence-electron chi connectivity index (χ0n) is 6.94. The molecule has 0 bridgehead atoms. The minimum Gasteiger partial charge on any atom is -0.493 e. The molecular weight excluding hydrogens is 160 g/mol. The zero-order valence-corrected chi connectivity index (χ0v) is 6.94. The summed E-state index contributed by atoms with van der Waals surface area (Å²) in [5.74, 6) is -0.574. The van der Waals surface area contributed by atoms with Gasteiger partial charge in [0.1, 0.15) is 0 Å². The molecule has 0 spiro atoms. The van der Waals surface area contributed by atoms with Gasteiger partial charge in [-0.1, -0.05) is 0 Å². The summed E-state index contributed by atoms with van der Waals surface area (Å²) in [6.45, 7) is 2.33. The predicted molar refractivity (Wildman–Crippen MR) is 40.9 cm³/mol. The summed E-state index contributed by atoms with van der Waals surface area (Å²) >= 11 is 0. The quantitative estimate of drug-likeness (QED) is 0.652. The van der Waals surface area contributed by atoms with Crippen LogP contribution in [-0.2, 0) is 11.3 Å². The molecule has 1 rings (SSSR count). The summed E-state index contributed by atoms with van der Waals surface area (Å²) in [6, 6.07) is 1.27. The van der Waals surface area contributed by atoms with Gasteiger partial charge in [0.2, 0.25) is 5.88 Å². The Morgan fingerprint density at radius 3 is 2.92 bits per heavy atom. The van der Waals surface area contributed by atoms with Gasteiger partial charge in [0.05, 0.1) is 7.11 Å². The Bertz CT molecular complexity index is 293. The summed E-state index contributed by atoms with van der Waals surface area (Å²) in [5.41, 5.74) is 0.122. The van der Waals surface area contributed by atoms with E-state index in [0.29, 0.717) is 6.54 Å². The van der Waals surface area contributed by atoms with E-state index < -0.39 is 5.97 Å². The molecule has 0 radical (unpaired) electrons. The number of carbonyl (C=O) groups is 1. The van der Waals surface area contributed by atoms with E-state index >= 15 is 0 Å². The Morgan fingerprint density at radius 2 is 2.50 bits per heavy atom. The van der Waals surface area contributed by atoms with Crippen molar-refractivity contribution >= 4 is 5.97 Å². The van der Waals surface area contributed by atoms with Crippen LogP contribution in [0.2, 0.25) is 0 Å². The number of ether oxygens (including phenoxy) is 1. The molecule has 0 unspecified atom stereocenters. The minimum absolute atomic E-state index is 0.0297. The largest absolute Gasteiger partial charge is 0.493 e. The first-order valence-corrected chi connectivity index (χ1v) is 3.54. The van der Waals surface area contributed by atoms with Crippen molar-refractivity contribution in [3.8, 4) is 5.88 Å². The van der Waals surface area contributed by atoms with Gasteiger partial charge in [-0.15, -0.1) is 0 Å². The first-order valence-electron chi connectivity index (χ1n) is 3.54. The average molecular weight is 170 g/mol. The Balaban J connectivity index is 2.96. The lowest BCUT2D eigenvalue weighted by Crippen LogP contribution is -2.04. The second kappa shape index (κ2) is 3.25. The fourth-order valence-corrected chi connectivity index (χ4v) is 0.844. The van der Waals surface area contributed by atoms with Crippen LogP contribution in [-0.4, -0.2) is 28.0 Å². The summed E-state index contributed by atoms with van der Waals surface area (Å²) < 4.78 is 5.73. The monoisotopic (exact) mass is 170 g/mol. The number of esters is 1. The van der Waals surface area contributed by atoms with E-state index in [2.05, 4.69) is 9.84 Å². The molecule has 5 nitrogen and oxygen atoms in total. The number of carbonyl (C=O) groups excluding carboxylic acids is 1. The van der Waals surface area contributed by atoms with Crippen molar-refractivity contribution in [2.24, 2.45) is 0 Å². The molecule has 0 aliphatic carbocycles. The van der Waals surface area contributed by atoms with Gasteiger partial charge in [-0.3, -0.25) is 0 Å². The SMILES string of the molecule is CCn1nc(C(=O)OC)cc1O. The van der Waals surface area contributed by atoms with E-state index in [1.165, 1.54) is 17.9 Å². The lowest BCUT2D eigenvalue weighted by Gasteiger charge is -1.94. The van der Waals surface area contributed by atoms with E-state index in [1.54, 1.807) is 0 Å². The van der Waals surface area contributed by atoms with Gasteiger partial charge in [0.15, 0.2) is 5.69 Å². The first-order chi connectivity index (χ1) is 5.69. The van der Waals surface area contributed by atoms with Crippen molar-refractivity contribution in [1.82, 2.24) is 9.78 Å². The third-order valence-corrected chi connectivity index (χ3v) is 1.45. The van der Waals surface area contributed by atoms with Crippen LogP contribution in [0.15, 0.2) is 6.07 Å². The van der Waals surface area contributed by atoms with Crippen LogP contribution in [0.1, 0.15) is 17.4 Å². The molecule has 66 valence electrons. The normalized spacial score (nSPS) is 9.83. The number of nitrogens with zero attached hydrogens (tertiary/aromatic N) is 2. The number of aromatic hydroxyl groups is 1. The Hall–Kier alpha value is -1.52. The summed E-state index contributed by atoms with van der Waals surface area (Å²) in [4.78, 5) is 10.9. The highest BCUT2D eigenvalue weighted by Crippen LogP contribution is 2.11. The highest BCUT2D eigenvalue weighted by atomic mass is 16.5. The molecule has 0 aliphatic heterocycles. The fourth-order valence-electron chi connectivity index (χ4n) is 0.844. The molecule has 0 aliphatic rings. The molecule has 1 heterocycles. The second-order valence-electron chi connectivity index (χ2n) is 2.20. The van der Waals surface area contributed by atoms with Crippen molar-refractivity contribution < 1.29 is 14.6 Å². The van der Waals surface area contributed by atoms with E-state index in [0.717, 1.165) is 0 Å². The molecule has 0 fully saturated rings. The highest BCUT2D eigenvalue weighted by Gasteiger charge is 2.12. The van der Waals surface area contributed by atoms with Crippen molar-refractivity contribution in [3.05, 3.63) is 11.8 Å². The minimum atomic E-state index is -0.544. The molecule has 1 aromatic heterocycles. The molecule has 0 aromatic carbocycles. The predicted octanol–water partition coefficient (Wildman–Crippen LogP) is 0.395. The topological polar surface area (TPSA) is 64.4 Å². The van der Waals surface area contributed by atoms with Gasteiger partial charge in [-0.25, -0.2) is 9.48 Å². The first kappa shape index (κ1) is 8.58. The van der Waals surface area contributed by atoms with Crippen LogP contribution < -0.4 is 0 Å². The second-order valence-corrected chi connectivity index (χ2v) is 2.20. The van der Waals surface area contributed by atoms with Gasteiger partial charge in [0, 0.05) is 12.6 Å². The fraction of sp³-hybridized carbons (Fsp3) is 0.429. The number of hydrogen-bond acceptors (Lipinski definition) is 4. The maximum atomic E-state index is 10.9. The summed E-state index contributed by atoms with van der Waals surface area (Å²) in [5, 5.41) is 13.0. The number of aryl methyl sites for hydroxylation is 1. The van der Waals surface area contributed by atoms with Gasteiger partial charge in [-0.05, 0) is 6.92 Å². The Morgan fingerprint density at radius 1 is 1.83 bits per heavy atom. The molecule has 1 aromatic rings. The molecular formula is C7H10N2O3. The molecule has 1 N–H and O–H groups in total. The number of methoxy groups -OCH3 is 1. The maximum Gasteiger partial charge on any atom is 0.358 e. The summed E-state index contributed by atoms with van der Waals surface area (Å²) in [6.07, 6.45) is 0. The van der Waals surface area contributed by atoms with Crippen molar-refractivity contribution in [1.29, 1.82) is 0 Å². The van der Waals surface area contributed by atoms with E-state index in [9.17, 15) is 4.79 Å².